The molecule has 16 heavy (non-hydrogen) atoms. The van der Waals surface area contributed by atoms with Gasteiger partial charge in [0.2, 0.25) is 5.91 Å². The third kappa shape index (κ3) is 2.83. The number of anilines is 1. The molecule has 0 radical (unpaired) electrons. The summed E-state index contributed by atoms with van der Waals surface area (Å²) in [6.45, 7) is 7.93. The Balaban J connectivity index is 2.93. The first-order valence-corrected chi connectivity index (χ1v) is 5.60. The summed E-state index contributed by atoms with van der Waals surface area (Å²) >= 11 is 0. The summed E-state index contributed by atoms with van der Waals surface area (Å²) in [5, 5.41) is 2.89. The van der Waals surface area contributed by atoms with Crippen molar-refractivity contribution in [3.05, 3.63) is 28.8 Å². The monoisotopic (exact) mass is 220 g/mol. The molecule has 0 fully saturated rings. The van der Waals surface area contributed by atoms with Gasteiger partial charge in [0, 0.05) is 5.69 Å². The summed E-state index contributed by atoms with van der Waals surface area (Å²) in [6.07, 6.45) is 0.649. The molecule has 0 saturated heterocycles. The van der Waals surface area contributed by atoms with Crippen molar-refractivity contribution in [2.24, 2.45) is 5.73 Å². The lowest BCUT2D eigenvalue weighted by Crippen LogP contribution is -2.35. The molecular formula is C13H20N2O. The van der Waals surface area contributed by atoms with Crippen LogP contribution in [0.25, 0.3) is 0 Å². The van der Waals surface area contributed by atoms with Crippen LogP contribution in [0.1, 0.15) is 30.0 Å². The minimum Gasteiger partial charge on any atom is -0.324 e. The highest BCUT2D eigenvalue weighted by Crippen LogP contribution is 2.21. The number of nitrogens with one attached hydrogen (secondary N) is 1. The predicted octanol–water partition coefficient (Wildman–Crippen LogP) is 2.29. The number of nitrogens with two attached hydrogens (primary N) is 1. The van der Waals surface area contributed by atoms with E-state index in [1.807, 2.05) is 27.7 Å². The van der Waals surface area contributed by atoms with Gasteiger partial charge in [-0.1, -0.05) is 24.6 Å². The fraction of sp³-hybridized carbons (Fsp3) is 0.462. The first kappa shape index (κ1) is 12.7. The maximum atomic E-state index is 11.7. The van der Waals surface area contributed by atoms with E-state index < -0.39 is 6.04 Å². The highest BCUT2D eigenvalue weighted by molar-refractivity contribution is 5.96. The molecule has 0 aliphatic heterocycles. The van der Waals surface area contributed by atoms with E-state index >= 15 is 0 Å². The van der Waals surface area contributed by atoms with Crippen LogP contribution in [0.15, 0.2) is 12.1 Å². The van der Waals surface area contributed by atoms with Gasteiger partial charge in [0.15, 0.2) is 0 Å². The lowest BCUT2D eigenvalue weighted by atomic mass is 10.0. The molecule has 0 aromatic heterocycles. The average Bonchev–Trinajstić information content (AvgIpc) is 2.21. The van der Waals surface area contributed by atoms with E-state index in [2.05, 4.69) is 17.4 Å². The van der Waals surface area contributed by atoms with Crippen LogP contribution in [-0.4, -0.2) is 11.9 Å². The van der Waals surface area contributed by atoms with E-state index in [4.69, 9.17) is 5.73 Å². The Kier molecular flexibility index (Phi) is 4.07. The molecule has 1 amide bonds. The highest BCUT2D eigenvalue weighted by Gasteiger charge is 2.13. The fourth-order valence-corrected chi connectivity index (χ4v) is 1.78. The summed E-state index contributed by atoms with van der Waals surface area (Å²) in [6, 6.07) is 3.68. The van der Waals surface area contributed by atoms with Gasteiger partial charge in [0.25, 0.3) is 0 Å². The number of carbonyl (C=O) groups excluding carboxylic acids is 1. The van der Waals surface area contributed by atoms with E-state index in [0.717, 1.165) is 16.8 Å². The minimum atomic E-state index is -0.430. The van der Waals surface area contributed by atoms with Crippen molar-refractivity contribution in [1.82, 2.24) is 0 Å². The van der Waals surface area contributed by atoms with Gasteiger partial charge < -0.3 is 11.1 Å². The SMILES string of the molecule is CC[C@@H](N)C(=O)Nc1c(C)cc(C)cc1C. The van der Waals surface area contributed by atoms with Crippen molar-refractivity contribution in [3.63, 3.8) is 0 Å². The van der Waals surface area contributed by atoms with Crippen LogP contribution >= 0.6 is 0 Å². The Hall–Kier alpha value is -1.35. The van der Waals surface area contributed by atoms with Crippen LogP contribution in [-0.2, 0) is 4.79 Å². The lowest BCUT2D eigenvalue weighted by molar-refractivity contribution is -0.117. The van der Waals surface area contributed by atoms with E-state index in [9.17, 15) is 4.79 Å². The summed E-state index contributed by atoms with van der Waals surface area (Å²) in [4.78, 5) is 11.7. The maximum absolute atomic E-state index is 11.7. The Bertz CT molecular complexity index is 376. The molecule has 0 spiro atoms. The Morgan fingerprint density at radius 1 is 1.31 bits per heavy atom. The topological polar surface area (TPSA) is 55.1 Å². The molecule has 0 aliphatic carbocycles. The van der Waals surface area contributed by atoms with Gasteiger partial charge in [0.1, 0.15) is 0 Å². The van der Waals surface area contributed by atoms with Crippen molar-refractivity contribution in [3.8, 4) is 0 Å². The van der Waals surface area contributed by atoms with Crippen LogP contribution in [0.2, 0.25) is 0 Å². The van der Waals surface area contributed by atoms with Crippen molar-refractivity contribution >= 4 is 11.6 Å². The summed E-state index contributed by atoms with van der Waals surface area (Å²) in [5.41, 5.74) is 9.93. The smallest absolute Gasteiger partial charge is 0.241 e. The fourth-order valence-electron chi connectivity index (χ4n) is 1.78. The number of carbonyl (C=O) groups is 1. The summed E-state index contributed by atoms with van der Waals surface area (Å²) in [5.74, 6) is -0.113. The van der Waals surface area contributed by atoms with Gasteiger partial charge in [-0.25, -0.2) is 0 Å². The van der Waals surface area contributed by atoms with Gasteiger partial charge >= 0.3 is 0 Å². The number of rotatable bonds is 3. The van der Waals surface area contributed by atoms with Crippen molar-refractivity contribution < 1.29 is 4.79 Å². The third-order valence-electron chi connectivity index (χ3n) is 2.70. The molecule has 0 bridgehead atoms. The zero-order valence-electron chi connectivity index (χ0n) is 10.4. The molecule has 3 heteroatoms. The normalized spacial score (nSPS) is 12.3. The Morgan fingerprint density at radius 3 is 2.25 bits per heavy atom. The molecule has 3 nitrogen and oxygen atoms in total. The van der Waals surface area contributed by atoms with E-state index in [0.29, 0.717) is 6.42 Å². The van der Waals surface area contributed by atoms with Gasteiger partial charge in [0.05, 0.1) is 6.04 Å². The quantitative estimate of drug-likeness (QED) is 0.821. The van der Waals surface area contributed by atoms with Crippen molar-refractivity contribution in [2.75, 3.05) is 5.32 Å². The number of hydrogen-bond acceptors (Lipinski definition) is 2. The van der Waals surface area contributed by atoms with E-state index in [-0.39, 0.29) is 5.91 Å². The maximum Gasteiger partial charge on any atom is 0.241 e. The zero-order chi connectivity index (χ0) is 12.3. The predicted molar refractivity (Wildman–Crippen MR) is 67.5 cm³/mol. The summed E-state index contributed by atoms with van der Waals surface area (Å²) in [7, 11) is 0. The molecular weight excluding hydrogens is 200 g/mol. The molecule has 1 aromatic carbocycles. The first-order chi connectivity index (χ1) is 7.45. The van der Waals surface area contributed by atoms with Crippen molar-refractivity contribution in [1.29, 1.82) is 0 Å². The molecule has 1 rings (SSSR count). The van der Waals surface area contributed by atoms with Crippen LogP contribution in [0.4, 0.5) is 5.69 Å². The molecule has 88 valence electrons. The second-order valence-electron chi connectivity index (χ2n) is 4.28. The largest absolute Gasteiger partial charge is 0.324 e. The van der Waals surface area contributed by atoms with Gasteiger partial charge in [-0.15, -0.1) is 0 Å². The lowest BCUT2D eigenvalue weighted by Gasteiger charge is -2.15. The Morgan fingerprint density at radius 2 is 1.81 bits per heavy atom. The molecule has 0 unspecified atom stereocenters. The average molecular weight is 220 g/mol. The zero-order valence-corrected chi connectivity index (χ0v) is 10.4. The third-order valence-corrected chi connectivity index (χ3v) is 2.70. The minimum absolute atomic E-state index is 0.113. The second kappa shape index (κ2) is 5.12. The number of hydrogen-bond donors (Lipinski definition) is 2. The molecule has 0 aliphatic rings. The van der Waals surface area contributed by atoms with Crippen molar-refractivity contribution in [2.45, 2.75) is 40.2 Å². The van der Waals surface area contributed by atoms with Crippen LogP contribution in [0, 0.1) is 20.8 Å². The molecule has 3 N–H and O–H groups in total. The molecule has 1 aromatic rings. The van der Waals surface area contributed by atoms with Gasteiger partial charge in [-0.05, 0) is 38.3 Å². The Labute approximate surface area is 97.0 Å². The van der Waals surface area contributed by atoms with Gasteiger partial charge in [-0.3, -0.25) is 4.79 Å². The van der Waals surface area contributed by atoms with Crippen LogP contribution in [0.3, 0.4) is 0 Å². The second-order valence-corrected chi connectivity index (χ2v) is 4.28. The van der Waals surface area contributed by atoms with Crippen LogP contribution in [0.5, 0.6) is 0 Å². The number of amides is 1. The number of aryl methyl sites for hydroxylation is 3. The van der Waals surface area contributed by atoms with Crippen LogP contribution < -0.4 is 11.1 Å². The van der Waals surface area contributed by atoms with Gasteiger partial charge in [-0.2, -0.15) is 0 Å². The first-order valence-electron chi connectivity index (χ1n) is 5.60. The van der Waals surface area contributed by atoms with E-state index in [1.165, 1.54) is 5.56 Å². The standard InChI is InChI=1S/C13H20N2O/c1-5-11(14)13(16)15-12-9(3)6-8(2)7-10(12)4/h6-7,11H,5,14H2,1-4H3,(H,15,16)/t11-/m1/s1. The van der Waals surface area contributed by atoms with E-state index in [1.54, 1.807) is 0 Å². The molecule has 0 heterocycles. The number of benzene rings is 1. The molecule has 1 atom stereocenters. The summed E-state index contributed by atoms with van der Waals surface area (Å²) < 4.78 is 0. The highest BCUT2D eigenvalue weighted by atomic mass is 16.2. The molecule has 0 saturated carbocycles.